The summed E-state index contributed by atoms with van der Waals surface area (Å²) in [5.41, 5.74) is 7.13. The number of ether oxygens (including phenoxy) is 1. The number of hydrogen-bond donors (Lipinski definition) is 1. The normalized spacial score (nSPS) is 27.0. The number of piperidine rings is 2. The molecule has 0 spiro atoms. The predicted octanol–water partition coefficient (Wildman–Crippen LogP) is 2.90. The molecule has 0 radical (unpaired) electrons. The third kappa shape index (κ3) is 4.50. The number of halogens is 1. The van der Waals surface area contributed by atoms with Gasteiger partial charge in [0.1, 0.15) is 11.7 Å². The summed E-state index contributed by atoms with van der Waals surface area (Å²) in [5, 5.41) is 9.03. The minimum atomic E-state index is 0.363. The van der Waals surface area contributed by atoms with Gasteiger partial charge >= 0.3 is 0 Å². The number of nitrogens with two attached hydrogens (primary N) is 1. The van der Waals surface area contributed by atoms with Crippen LogP contribution in [0.1, 0.15) is 37.7 Å². The van der Waals surface area contributed by atoms with Crippen molar-refractivity contribution in [3.8, 4) is 0 Å². The molecule has 2 atom stereocenters. The highest BCUT2D eigenvalue weighted by Crippen LogP contribution is 2.29. The van der Waals surface area contributed by atoms with E-state index in [0.717, 1.165) is 62.6 Å². The zero-order valence-corrected chi connectivity index (χ0v) is 17.3. The van der Waals surface area contributed by atoms with E-state index in [4.69, 9.17) is 22.1 Å². The van der Waals surface area contributed by atoms with Crippen molar-refractivity contribution in [2.75, 3.05) is 26.7 Å². The quantitative estimate of drug-likeness (QED) is 0.839. The minimum Gasteiger partial charge on any atom is -0.385 e. The van der Waals surface area contributed by atoms with Crippen LogP contribution < -0.4 is 5.73 Å². The van der Waals surface area contributed by atoms with Gasteiger partial charge in [-0.05, 0) is 49.8 Å². The molecule has 0 aromatic heterocycles. The fraction of sp³-hybridized carbons (Fsp3) is 0.619. The summed E-state index contributed by atoms with van der Waals surface area (Å²) in [6.07, 6.45) is 6.64. The molecule has 7 heteroatoms. The summed E-state index contributed by atoms with van der Waals surface area (Å²) in [5.74, 6) is 1.66. The fourth-order valence-corrected chi connectivity index (χ4v) is 4.93. The molecule has 3 heterocycles. The monoisotopic (exact) mass is 403 g/mol. The second-order valence-corrected chi connectivity index (χ2v) is 8.54. The Morgan fingerprint density at radius 2 is 1.86 bits per heavy atom. The van der Waals surface area contributed by atoms with Crippen LogP contribution in [0.25, 0.3) is 0 Å². The average molecular weight is 404 g/mol. The SMILES string of the molecule is CO[C@H]1CCN(C2CCN(C3=NN=C(N)C3)CC2)[C@@H](Cc2ccc(Cl)cc2)C1. The lowest BCUT2D eigenvalue weighted by Gasteiger charge is -2.46. The number of hydrogen-bond acceptors (Lipinski definition) is 6. The number of methoxy groups -OCH3 is 1. The molecule has 3 aliphatic rings. The molecule has 4 rings (SSSR count). The maximum Gasteiger partial charge on any atom is 0.135 e. The van der Waals surface area contributed by atoms with Crippen LogP contribution in [0.5, 0.6) is 0 Å². The van der Waals surface area contributed by atoms with Gasteiger partial charge in [-0.25, -0.2) is 0 Å². The van der Waals surface area contributed by atoms with Gasteiger partial charge in [0.15, 0.2) is 0 Å². The fourth-order valence-electron chi connectivity index (χ4n) is 4.81. The Labute approximate surface area is 172 Å². The second kappa shape index (κ2) is 8.80. The maximum atomic E-state index is 6.07. The highest BCUT2D eigenvalue weighted by atomic mass is 35.5. The van der Waals surface area contributed by atoms with E-state index in [1.807, 2.05) is 19.2 Å². The first-order valence-corrected chi connectivity index (χ1v) is 10.7. The van der Waals surface area contributed by atoms with Crippen LogP contribution >= 0.6 is 11.6 Å². The Morgan fingerprint density at radius 3 is 2.50 bits per heavy atom. The van der Waals surface area contributed by atoms with Crippen LogP contribution in [-0.4, -0.2) is 66.4 Å². The van der Waals surface area contributed by atoms with Crippen LogP contribution in [0.4, 0.5) is 0 Å². The summed E-state index contributed by atoms with van der Waals surface area (Å²) in [6.45, 7) is 3.17. The van der Waals surface area contributed by atoms with E-state index in [0.29, 0.717) is 30.4 Å². The topological polar surface area (TPSA) is 66.5 Å². The van der Waals surface area contributed by atoms with Crippen molar-refractivity contribution in [1.29, 1.82) is 0 Å². The third-order valence-electron chi connectivity index (χ3n) is 6.36. The molecule has 2 fully saturated rings. The Morgan fingerprint density at radius 1 is 1.11 bits per heavy atom. The van der Waals surface area contributed by atoms with Crippen LogP contribution in [0.2, 0.25) is 5.02 Å². The van der Waals surface area contributed by atoms with E-state index in [9.17, 15) is 0 Å². The molecule has 0 bridgehead atoms. The van der Waals surface area contributed by atoms with Gasteiger partial charge < -0.3 is 15.4 Å². The molecular weight excluding hydrogens is 374 g/mol. The van der Waals surface area contributed by atoms with Gasteiger partial charge in [0.2, 0.25) is 0 Å². The highest BCUT2D eigenvalue weighted by molar-refractivity contribution is 6.30. The standard InChI is InChI=1S/C21H30ClN5O/c1-28-19-8-11-27(18(13-19)12-15-2-4-16(22)5-3-15)17-6-9-26(10-7-17)21-14-20(23)24-25-21/h2-5,17-19H,6-14H2,1H3,(H2,23,24)/t18-,19-/m0/s1. The number of nitrogens with zero attached hydrogens (tertiary/aromatic N) is 4. The van der Waals surface area contributed by atoms with E-state index < -0.39 is 0 Å². The molecule has 1 aromatic rings. The number of rotatable bonds is 4. The van der Waals surface area contributed by atoms with E-state index in [-0.39, 0.29) is 0 Å². The molecule has 1 aromatic carbocycles. The lowest BCUT2D eigenvalue weighted by Crippen LogP contribution is -2.54. The van der Waals surface area contributed by atoms with Crippen molar-refractivity contribution < 1.29 is 4.74 Å². The zero-order valence-electron chi connectivity index (χ0n) is 16.6. The first kappa shape index (κ1) is 19.7. The number of amidine groups is 2. The zero-order chi connectivity index (χ0) is 19.5. The van der Waals surface area contributed by atoms with Gasteiger partial charge in [0.25, 0.3) is 0 Å². The predicted molar refractivity (Wildman–Crippen MR) is 114 cm³/mol. The average Bonchev–Trinajstić information content (AvgIpc) is 3.16. The molecule has 0 unspecified atom stereocenters. The molecule has 2 saturated heterocycles. The molecule has 0 amide bonds. The molecule has 28 heavy (non-hydrogen) atoms. The molecule has 152 valence electrons. The van der Waals surface area contributed by atoms with Crippen molar-refractivity contribution in [1.82, 2.24) is 9.80 Å². The van der Waals surface area contributed by atoms with Crippen molar-refractivity contribution >= 4 is 23.3 Å². The van der Waals surface area contributed by atoms with Gasteiger partial charge in [0, 0.05) is 43.9 Å². The van der Waals surface area contributed by atoms with Crippen molar-refractivity contribution in [3.05, 3.63) is 34.9 Å². The summed E-state index contributed by atoms with van der Waals surface area (Å²) in [4.78, 5) is 5.10. The minimum absolute atomic E-state index is 0.363. The van der Waals surface area contributed by atoms with E-state index >= 15 is 0 Å². The van der Waals surface area contributed by atoms with Crippen molar-refractivity contribution in [2.45, 2.75) is 56.7 Å². The summed E-state index contributed by atoms with van der Waals surface area (Å²) >= 11 is 6.07. The van der Waals surface area contributed by atoms with Crippen LogP contribution in [-0.2, 0) is 11.2 Å². The largest absolute Gasteiger partial charge is 0.385 e. The van der Waals surface area contributed by atoms with E-state index in [1.54, 1.807) is 0 Å². The summed E-state index contributed by atoms with van der Waals surface area (Å²) in [6, 6.07) is 9.43. The maximum absolute atomic E-state index is 6.07. The molecular formula is C21H30ClN5O. The number of benzene rings is 1. The lowest BCUT2D eigenvalue weighted by molar-refractivity contribution is -0.0159. The third-order valence-corrected chi connectivity index (χ3v) is 6.61. The second-order valence-electron chi connectivity index (χ2n) is 8.11. The molecule has 6 nitrogen and oxygen atoms in total. The van der Waals surface area contributed by atoms with Crippen LogP contribution in [0.15, 0.2) is 34.5 Å². The lowest BCUT2D eigenvalue weighted by atomic mass is 9.90. The first-order chi connectivity index (χ1) is 13.6. The Kier molecular flexibility index (Phi) is 6.19. The molecule has 0 saturated carbocycles. The van der Waals surface area contributed by atoms with Crippen LogP contribution in [0.3, 0.4) is 0 Å². The Hall–Kier alpha value is -1.63. The van der Waals surface area contributed by atoms with Gasteiger partial charge in [-0.3, -0.25) is 4.90 Å². The Balaban J connectivity index is 1.39. The molecule has 2 N–H and O–H groups in total. The molecule has 3 aliphatic heterocycles. The van der Waals surface area contributed by atoms with Gasteiger partial charge in [0.05, 0.1) is 12.5 Å². The van der Waals surface area contributed by atoms with Crippen molar-refractivity contribution in [3.63, 3.8) is 0 Å². The van der Waals surface area contributed by atoms with Crippen LogP contribution in [0, 0.1) is 0 Å². The van der Waals surface area contributed by atoms with Gasteiger partial charge in [-0.1, -0.05) is 23.7 Å². The van der Waals surface area contributed by atoms with Crippen molar-refractivity contribution in [2.24, 2.45) is 15.9 Å². The Bertz CT molecular complexity index is 727. The van der Waals surface area contributed by atoms with Gasteiger partial charge in [-0.2, -0.15) is 0 Å². The number of likely N-dealkylation sites (tertiary alicyclic amines) is 2. The first-order valence-electron chi connectivity index (χ1n) is 10.3. The van der Waals surface area contributed by atoms with E-state index in [2.05, 4.69) is 32.1 Å². The summed E-state index contributed by atoms with van der Waals surface area (Å²) in [7, 11) is 1.84. The summed E-state index contributed by atoms with van der Waals surface area (Å²) < 4.78 is 5.71. The van der Waals surface area contributed by atoms with E-state index in [1.165, 1.54) is 5.56 Å². The van der Waals surface area contributed by atoms with Gasteiger partial charge in [-0.15, -0.1) is 10.2 Å². The smallest absolute Gasteiger partial charge is 0.135 e. The highest BCUT2D eigenvalue weighted by Gasteiger charge is 2.35. The molecule has 0 aliphatic carbocycles.